The summed E-state index contributed by atoms with van der Waals surface area (Å²) in [6.07, 6.45) is 1.32. The fourth-order valence-corrected chi connectivity index (χ4v) is 2.88. The lowest BCUT2D eigenvalue weighted by Crippen LogP contribution is -2.19. The van der Waals surface area contributed by atoms with Gasteiger partial charge in [0.25, 0.3) is 11.4 Å². The van der Waals surface area contributed by atoms with E-state index >= 15 is 0 Å². The van der Waals surface area contributed by atoms with Crippen LogP contribution in [0, 0.1) is 6.92 Å². The predicted octanol–water partition coefficient (Wildman–Crippen LogP) is 2.90. The molecule has 0 aliphatic heterocycles. The van der Waals surface area contributed by atoms with Crippen LogP contribution in [-0.2, 0) is 18.4 Å². The van der Waals surface area contributed by atoms with Crippen molar-refractivity contribution in [1.82, 2.24) is 19.7 Å². The zero-order valence-electron chi connectivity index (χ0n) is 14.8. The topological polar surface area (TPSA) is 113 Å². The van der Waals surface area contributed by atoms with Crippen LogP contribution < -0.4 is 5.56 Å². The van der Waals surface area contributed by atoms with Gasteiger partial charge >= 0.3 is 5.97 Å². The van der Waals surface area contributed by atoms with E-state index in [9.17, 15) is 9.59 Å². The monoisotopic (exact) mass is 400 g/mol. The third kappa shape index (κ3) is 3.16. The molecule has 0 amide bonds. The highest BCUT2D eigenvalue weighted by Gasteiger charge is 2.24. The summed E-state index contributed by atoms with van der Waals surface area (Å²) in [6, 6.07) is 6.95. The molecule has 0 fully saturated rings. The van der Waals surface area contributed by atoms with Gasteiger partial charge in [-0.3, -0.25) is 4.79 Å². The van der Waals surface area contributed by atoms with Crippen LogP contribution in [0.2, 0.25) is 5.02 Å². The van der Waals surface area contributed by atoms with Crippen molar-refractivity contribution >= 4 is 28.7 Å². The number of hydrogen-bond acceptors (Lipinski definition) is 8. The van der Waals surface area contributed by atoms with Crippen molar-refractivity contribution in [2.24, 2.45) is 7.05 Å². The minimum Gasteiger partial charge on any atom is -0.452 e. The Kier molecular flexibility index (Phi) is 4.44. The van der Waals surface area contributed by atoms with Crippen molar-refractivity contribution in [1.29, 1.82) is 0 Å². The molecule has 0 saturated carbocycles. The van der Waals surface area contributed by atoms with E-state index in [2.05, 4.69) is 15.1 Å². The summed E-state index contributed by atoms with van der Waals surface area (Å²) in [5.74, 6) is -0.0961. The molecule has 0 atom stereocenters. The second-order valence-electron chi connectivity index (χ2n) is 5.97. The summed E-state index contributed by atoms with van der Waals surface area (Å²) < 4.78 is 17.0. The molecule has 0 aliphatic rings. The van der Waals surface area contributed by atoms with Crippen molar-refractivity contribution in [2.75, 3.05) is 0 Å². The molecule has 0 aliphatic carbocycles. The van der Waals surface area contributed by atoms with Crippen LogP contribution in [0.15, 0.2) is 44.3 Å². The second kappa shape index (κ2) is 6.93. The van der Waals surface area contributed by atoms with Gasteiger partial charge in [0.2, 0.25) is 11.5 Å². The van der Waals surface area contributed by atoms with E-state index in [0.717, 1.165) is 0 Å². The maximum absolute atomic E-state index is 12.5. The number of furan rings is 1. The number of rotatable bonds is 4. The lowest BCUT2D eigenvalue weighted by Gasteiger charge is -2.01. The minimum atomic E-state index is -0.746. The first-order chi connectivity index (χ1) is 13.4. The number of aromatic nitrogens is 4. The molecule has 10 heteroatoms. The van der Waals surface area contributed by atoms with Crippen LogP contribution in [0.3, 0.4) is 0 Å². The molecule has 1 aromatic carbocycles. The maximum Gasteiger partial charge on any atom is 0.343 e. The summed E-state index contributed by atoms with van der Waals surface area (Å²) in [5, 5.41) is 4.45. The molecule has 0 radical (unpaired) electrons. The number of esters is 1. The molecule has 4 aromatic rings. The highest BCUT2D eigenvalue weighted by molar-refractivity contribution is 6.30. The summed E-state index contributed by atoms with van der Waals surface area (Å²) in [4.78, 5) is 33.0. The smallest absolute Gasteiger partial charge is 0.343 e. The van der Waals surface area contributed by atoms with E-state index in [1.165, 1.54) is 17.9 Å². The number of aryl methyl sites for hydroxylation is 2. The Hall–Kier alpha value is -3.46. The molecule has 0 saturated heterocycles. The highest BCUT2D eigenvalue weighted by Crippen LogP contribution is 2.23. The molecule has 0 unspecified atom stereocenters. The Labute approximate surface area is 162 Å². The number of carbonyl (C=O) groups excluding carboxylic acids is 1. The van der Waals surface area contributed by atoms with Gasteiger partial charge in [0.1, 0.15) is 23.0 Å². The first kappa shape index (κ1) is 17.9. The Morgan fingerprint density at radius 3 is 2.96 bits per heavy atom. The largest absolute Gasteiger partial charge is 0.452 e. The van der Waals surface area contributed by atoms with Gasteiger partial charge in [-0.15, -0.1) is 0 Å². The number of nitrogens with zero attached hydrogens (tertiary/aromatic N) is 4. The van der Waals surface area contributed by atoms with E-state index in [4.69, 9.17) is 25.3 Å². The lowest BCUT2D eigenvalue weighted by atomic mass is 10.2. The van der Waals surface area contributed by atoms with Crippen molar-refractivity contribution in [3.05, 3.63) is 63.2 Å². The molecule has 0 spiro atoms. The van der Waals surface area contributed by atoms with Crippen molar-refractivity contribution in [3.8, 4) is 11.4 Å². The van der Waals surface area contributed by atoms with Gasteiger partial charge in [0, 0.05) is 17.6 Å². The van der Waals surface area contributed by atoms with Crippen LogP contribution in [0.25, 0.3) is 22.5 Å². The van der Waals surface area contributed by atoms with Crippen molar-refractivity contribution in [3.63, 3.8) is 0 Å². The molecule has 0 bridgehead atoms. The summed E-state index contributed by atoms with van der Waals surface area (Å²) in [5.41, 5.74) is 0.363. The van der Waals surface area contributed by atoms with E-state index in [-0.39, 0.29) is 34.9 Å². The number of ether oxygens (including phenoxy) is 1. The van der Waals surface area contributed by atoms with E-state index in [1.807, 2.05) is 0 Å². The zero-order valence-corrected chi connectivity index (χ0v) is 15.6. The molecule has 142 valence electrons. The number of carbonyl (C=O) groups is 1. The number of fused-ring (bicyclic) bond motifs is 1. The third-order valence-electron chi connectivity index (χ3n) is 4.03. The first-order valence-corrected chi connectivity index (χ1v) is 8.52. The lowest BCUT2D eigenvalue weighted by molar-refractivity contribution is 0.0430. The summed E-state index contributed by atoms with van der Waals surface area (Å²) in [6.45, 7) is 1.29. The van der Waals surface area contributed by atoms with Gasteiger partial charge in [0.15, 0.2) is 6.61 Å². The Balaban J connectivity index is 1.56. The van der Waals surface area contributed by atoms with Gasteiger partial charge in [-0.25, -0.2) is 9.78 Å². The molecule has 4 rings (SSSR count). The highest BCUT2D eigenvalue weighted by atomic mass is 35.5. The quantitative estimate of drug-likeness (QED) is 0.480. The van der Waals surface area contributed by atoms with E-state index < -0.39 is 11.5 Å². The molecule has 3 aromatic heterocycles. The SMILES string of the molecule is Cc1oc2ncn(C)c(=O)c2c1C(=O)OCc1nc(-c2cccc(Cl)c2)no1. The first-order valence-electron chi connectivity index (χ1n) is 8.14. The van der Waals surface area contributed by atoms with Gasteiger partial charge in [0.05, 0.1) is 0 Å². The number of halogens is 1. The van der Waals surface area contributed by atoms with Gasteiger partial charge in [-0.05, 0) is 19.1 Å². The fraction of sp³-hybridized carbons (Fsp3) is 0.167. The van der Waals surface area contributed by atoms with E-state index in [1.54, 1.807) is 31.2 Å². The Morgan fingerprint density at radius 2 is 2.18 bits per heavy atom. The predicted molar refractivity (Wildman–Crippen MR) is 97.9 cm³/mol. The zero-order chi connectivity index (χ0) is 19.8. The van der Waals surface area contributed by atoms with Gasteiger partial charge in [-0.2, -0.15) is 4.98 Å². The van der Waals surface area contributed by atoms with E-state index in [0.29, 0.717) is 16.4 Å². The molecule has 0 N–H and O–H groups in total. The number of hydrogen-bond donors (Lipinski definition) is 0. The fourth-order valence-electron chi connectivity index (χ4n) is 2.69. The van der Waals surface area contributed by atoms with Crippen molar-refractivity contribution < 1.29 is 18.5 Å². The van der Waals surface area contributed by atoms with Crippen LogP contribution in [0.1, 0.15) is 22.0 Å². The second-order valence-corrected chi connectivity index (χ2v) is 6.41. The molecule has 28 heavy (non-hydrogen) atoms. The Bertz CT molecular complexity index is 1260. The van der Waals surface area contributed by atoms with Crippen LogP contribution in [0.5, 0.6) is 0 Å². The molecule has 9 nitrogen and oxygen atoms in total. The number of benzene rings is 1. The summed E-state index contributed by atoms with van der Waals surface area (Å²) >= 11 is 5.95. The minimum absolute atomic E-state index is 0.0262. The third-order valence-corrected chi connectivity index (χ3v) is 4.26. The standard InChI is InChI=1S/C18H13ClN4O5/c1-9-13(14-16(27-9)20-8-23(2)17(14)24)18(25)26-7-12-21-15(22-28-12)10-4-3-5-11(19)6-10/h3-6,8H,7H2,1-2H3. The molecule has 3 heterocycles. The van der Waals surface area contributed by atoms with Crippen LogP contribution >= 0.6 is 11.6 Å². The molecular formula is C18H13ClN4O5. The van der Waals surface area contributed by atoms with Crippen LogP contribution in [0.4, 0.5) is 0 Å². The van der Waals surface area contributed by atoms with Crippen LogP contribution in [-0.4, -0.2) is 25.7 Å². The normalized spacial score (nSPS) is 11.1. The Morgan fingerprint density at radius 1 is 1.36 bits per heavy atom. The average molecular weight is 401 g/mol. The average Bonchev–Trinajstić information content (AvgIpc) is 3.27. The van der Waals surface area contributed by atoms with Gasteiger partial charge in [-0.1, -0.05) is 28.9 Å². The maximum atomic E-state index is 12.5. The molecular weight excluding hydrogens is 388 g/mol. The van der Waals surface area contributed by atoms with Crippen molar-refractivity contribution in [2.45, 2.75) is 13.5 Å². The van der Waals surface area contributed by atoms with Gasteiger partial charge < -0.3 is 18.2 Å². The summed E-state index contributed by atoms with van der Waals surface area (Å²) in [7, 11) is 1.53.